The van der Waals surface area contributed by atoms with E-state index in [2.05, 4.69) is 16.3 Å². The number of benzene rings is 1. The van der Waals surface area contributed by atoms with Gasteiger partial charge in [0.1, 0.15) is 18.7 Å². The summed E-state index contributed by atoms with van der Waals surface area (Å²) >= 11 is 0. The van der Waals surface area contributed by atoms with Crippen LogP contribution in [0.3, 0.4) is 0 Å². The van der Waals surface area contributed by atoms with Crippen LogP contribution in [-0.4, -0.2) is 28.9 Å². The minimum Gasteiger partial charge on any atom is -0.489 e. The van der Waals surface area contributed by atoms with Gasteiger partial charge in [0.2, 0.25) is 5.88 Å². The average molecular weight is 288 g/mol. The Hall–Kier alpha value is -2.76. The molecule has 0 radical (unpaired) electrons. The summed E-state index contributed by atoms with van der Waals surface area (Å²) in [5.41, 5.74) is 0.836. The maximum Gasteiger partial charge on any atom is 0.515 e. The molecule has 0 aliphatic heterocycles. The quantitative estimate of drug-likeness (QED) is 0.604. The fraction of sp³-hybridized carbons (Fsp3) is 0.200. The molecule has 2 aromatic rings. The van der Waals surface area contributed by atoms with Crippen LogP contribution >= 0.6 is 0 Å². The molecule has 0 saturated carbocycles. The third kappa shape index (κ3) is 4.10. The van der Waals surface area contributed by atoms with Crippen molar-refractivity contribution in [3.8, 4) is 17.3 Å². The SMILES string of the molecule is C=CCOc1cccc(-n2cnc(OC(=O)OCC)c2)c1. The highest BCUT2D eigenvalue weighted by Gasteiger charge is 2.08. The lowest BCUT2D eigenvalue weighted by atomic mass is 10.3. The molecule has 21 heavy (non-hydrogen) atoms. The highest BCUT2D eigenvalue weighted by molar-refractivity contribution is 5.62. The van der Waals surface area contributed by atoms with Crippen molar-refractivity contribution in [3.63, 3.8) is 0 Å². The molecule has 0 atom stereocenters. The highest BCUT2D eigenvalue weighted by atomic mass is 16.7. The summed E-state index contributed by atoms with van der Waals surface area (Å²) in [7, 11) is 0. The summed E-state index contributed by atoms with van der Waals surface area (Å²) in [6.45, 7) is 5.99. The maximum absolute atomic E-state index is 11.2. The van der Waals surface area contributed by atoms with Crippen molar-refractivity contribution in [2.45, 2.75) is 6.92 Å². The van der Waals surface area contributed by atoms with Gasteiger partial charge in [-0.2, -0.15) is 0 Å². The Morgan fingerprint density at radius 1 is 1.48 bits per heavy atom. The summed E-state index contributed by atoms with van der Waals surface area (Å²) < 4.78 is 16.8. The van der Waals surface area contributed by atoms with Crippen LogP contribution in [0.5, 0.6) is 11.6 Å². The van der Waals surface area contributed by atoms with E-state index in [4.69, 9.17) is 9.47 Å². The fourth-order valence-corrected chi connectivity index (χ4v) is 1.62. The average Bonchev–Trinajstić information content (AvgIpc) is 2.94. The van der Waals surface area contributed by atoms with E-state index in [1.165, 1.54) is 0 Å². The van der Waals surface area contributed by atoms with Gasteiger partial charge in [-0.15, -0.1) is 0 Å². The Kier molecular flexibility index (Phi) is 4.98. The lowest BCUT2D eigenvalue weighted by molar-refractivity contribution is 0.103. The predicted octanol–water partition coefficient (Wildman–Crippen LogP) is 2.97. The Morgan fingerprint density at radius 3 is 3.10 bits per heavy atom. The van der Waals surface area contributed by atoms with Gasteiger partial charge < -0.3 is 18.8 Å². The number of hydrogen-bond donors (Lipinski definition) is 0. The summed E-state index contributed by atoms with van der Waals surface area (Å²) in [5, 5.41) is 0. The topological polar surface area (TPSA) is 62.6 Å². The van der Waals surface area contributed by atoms with Gasteiger partial charge in [-0.05, 0) is 19.1 Å². The van der Waals surface area contributed by atoms with Crippen LogP contribution in [0.1, 0.15) is 6.92 Å². The first-order valence-electron chi connectivity index (χ1n) is 6.45. The molecule has 0 fully saturated rings. The van der Waals surface area contributed by atoms with Gasteiger partial charge in [-0.3, -0.25) is 0 Å². The molecule has 0 aliphatic rings. The maximum atomic E-state index is 11.2. The first-order valence-corrected chi connectivity index (χ1v) is 6.45. The van der Waals surface area contributed by atoms with Crippen molar-refractivity contribution < 1.29 is 19.0 Å². The zero-order valence-corrected chi connectivity index (χ0v) is 11.7. The second-order valence-corrected chi connectivity index (χ2v) is 4.00. The second-order valence-electron chi connectivity index (χ2n) is 4.00. The fourth-order valence-electron chi connectivity index (χ4n) is 1.62. The molecule has 0 spiro atoms. The Bertz CT molecular complexity index is 622. The van der Waals surface area contributed by atoms with Crippen LogP contribution in [-0.2, 0) is 4.74 Å². The molecule has 1 aromatic carbocycles. The molecule has 0 amide bonds. The first-order chi connectivity index (χ1) is 10.2. The lowest BCUT2D eigenvalue weighted by Crippen LogP contribution is -2.10. The van der Waals surface area contributed by atoms with Gasteiger partial charge in [-0.25, -0.2) is 9.78 Å². The molecule has 0 unspecified atom stereocenters. The van der Waals surface area contributed by atoms with E-state index in [0.717, 1.165) is 5.69 Å². The van der Waals surface area contributed by atoms with E-state index in [1.54, 1.807) is 30.1 Å². The Labute approximate surface area is 122 Å². The van der Waals surface area contributed by atoms with Crippen LogP contribution in [0.15, 0.2) is 49.4 Å². The first kappa shape index (κ1) is 14.6. The van der Waals surface area contributed by atoms with Crippen LogP contribution < -0.4 is 9.47 Å². The van der Waals surface area contributed by atoms with Crippen molar-refractivity contribution in [1.29, 1.82) is 0 Å². The molecule has 6 nitrogen and oxygen atoms in total. The van der Waals surface area contributed by atoms with Crippen molar-refractivity contribution in [3.05, 3.63) is 49.4 Å². The number of nitrogens with zero attached hydrogens (tertiary/aromatic N) is 2. The molecule has 2 rings (SSSR count). The van der Waals surface area contributed by atoms with Crippen molar-refractivity contribution >= 4 is 6.16 Å². The van der Waals surface area contributed by atoms with E-state index in [9.17, 15) is 4.79 Å². The molecule has 110 valence electrons. The molecule has 1 aromatic heterocycles. The standard InChI is InChI=1S/C15H16N2O4/c1-3-8-20-13-7-5-6-12(9-13)17-10-14(16-11-17)21-15(18)19-4-2/h3,5-7,9-11H,1,4,8H2,2H3. The van der Waals surface area contributed by atoms with Gasteiger partial charge in [-0.1, -0.05) is 18.7 Å². The van der Waals surface area contributed by atoms with Gasteiger partial charge in [0, 0.05) is 6.07 Å². The van der Waals surface area contributed by atoms with Crippen molar-refractivity contribution in [2.24, 2.45) is 0 Å². The number of aromatic nitrogens is 2. The van der Waals surface area contributed by atoms with Gasteiger partial charge in [0.15, 0.2) is 0 Å². The molecule has 0 N–H and O–H groups in total. The van der Waals surface area contributed by atoms with Gasteiger partial charge in [0.25, 0.3) is 0 Å². The number of carbonyl (C=O) groups excluding carboxylic acids is 1. The zero-order chi connectivity index (χ0) is 15.1. The van der Waals surface area contributed by atoms with Crippen LogP contribution in [0.2, 0.25) is 0 Å². The zero-order valence-electron chi connectivity index (χ0n) is 11.7. The lowest BCUT2D eigenvalue weighted by Gasteiger charge is -2.06. The number of hydrogen-bond acceptors (Lipinski definition) is 5. The molecular weight excluding hydrogens is 272 g/mol. The van der Waals surface area contributed by atoms with E-state index in [0.29, 0.717) is 12.4 Å². The van der Waals surface area contributed by atoms with Crippen LogP contribution in [0.4, 0.5) is 4.79 Å². The molecule has 0 bridgehead atoms. The third-order valence-electron chi connectivity index (χ3n) is 2.49. The molecule has 0 aliphatic carbocycles. The number of imidazole rings is 1. The van der Waals surface area contributed by atoms with Crippen LogP contribution in [0.25, 0.3) is 5.69 Å². The van der Waals surface area contributed by atoms with E-state index in [-0.39, 0.29) is 12.5 Å². The van der Waals surface area contributed by atoms with Crippen LogP contribution in [0, 0.1) is 0 Å². The summed E-state index contributed by atoms with van der Waals surface area (Å²) in [6, 6.07) is 7.44. The molecule has 1 heterocycles. The van der Waals surface area contributed by atoms with Gasteiger partial charge >= 0.3 is 6.16 Å². The van der Waals surface area contributed by atoms with Crippen molar-refractivity contribution in [1.82, 2.24) is 9.55 Å². The van der Waals surface area contributed by atoms with Crippen molar-refractivity contribution in [2.75, 3.05) is 13.2 Å². The molecule has 6 heteroatoms. The summed E-state index contributed by atoms with van der Waals surface area (Å²) in [6.07, 6.45) is 4.03. The minimum atomic E-state index is -0.772. The number of ether oxygens (including phenoxy) is 3. The number of carbonyl (C=O) groups is 1. The highest BCUT2D eigenvalue weighted by Crippen LogP contribution is 2.19. The molecular formula is C15H16N2O4. The minimum absolute atomic E-state index is 0.172. The Balaban J connectivity index is 2.10. The normalized spacial score (nSPS) is 9.95. The van der Waals surface area contributed by atoms with E-state index >= 15 is 0 Å². The van der Waals surface area contributed by atoms with E-state index < -0.39 is 6.16 Å². The largest absolute Gasteiger partial charge is 0.515 e. The number of rotatable bonds is 6. The Morgan fingerprint density at radius 2 is 2.33 bits per heavy atom. The van der Waals surface area contributed by atoms with E-state index in [1.807, 2.05) is 24.3 Å². The monoisotopic (exact) mass is 288 g/mol. The second kappa shape index (κ2) is 7.14. The third-order valence-corrected chi connectivity index (χ3v) is 2.49. The predicted molar refractivity (Wildman–Crippen MR) is 76.9 cm³/mol. The smallest absolute Gasteiger partial charge is 0.489 e. The summed E-state index contributed by atoms with van der Waals surface area (Å²) in [5.74, 6) is 0.889. The summed E-state index contributed by atoms with van der Waals surface area (Å²) in [4.78, 5) is 15.2. The van der Waals surface area contributed by atoms with Gasteiger partial charge in [0.05, 0.1) is 18.5 Å². The molecule has 0 saturated heterocycles.